The Balaban J connectivity index is 4.40. The van der Waals surface area contributed by atoms with E-state index >= 15 is 0 Å². The van der Waals surface area contributed by atoms with Crippen LogP contribution in [0, 0.1) is 0 Å². The molecule has 7 heteroatoms. The van der Waals surface area contributed by atoms with Crippen molar-refractivity contribution in [1.29, 1.82) is 0 Å². The van der Waals surface area contributed by atoms with Gasteiger partial charge in [0.25, 0.3) is 0 Å². The maximum atomic E-state index is 5.65. The van der Waals surface area contributed by atoms with Crippen LogP contribution in [0.2, 0.25) is 0 Å². The van der Waals surface area contributed by atoms with Crippen LogP contribution in [0.25, 0.3) is 0 Å². The van der Waals surface area contributed by atoms with E-state index in [-0.39, 0.29) is 0 Å². The average molecular weight is 274 g/mol. The molecule has 0 aromatic rings. The second kappa shape index (κ2) is 4.60. The van der Waals surface area contributed by atoms with Crippen molar-refractivity contribution < 1.29 is 0 Å². The number of hydrogen-bond acceptors (Lipinski definition) is 0. The number of rotatable bonds is 2. The Morgan fingerprint density at radius 1 is 1.30 bits per heavy atom. The third kappa shape index (κ3) is 3.86. The number of allylic oxidation sites excluding steroid dienone is 1. The standard InChI is InChI=1S/C3H4Cl5Si2/c1-2-3(9(4)5)10(6,7)8/h2H,1H3/b3-2+. The molecule has 0 amide bonds. The number of halogens is 5. The highest BCUT2D eigenvalue weighted by atomic mass is 35.8. The van der Waals surface area contributed by atoms with Crippen molar-refractivity contribution in [1.82, 2.24) is 0 Å². The van der Waals surface area contributed by atoms with Crippen molar-refractivity contribution in [3.63, 3.8) is 0 Å². The quantitative estimate of drug-likeness (QED) is 0.532. The third-order valence-corrected chi connectivity index (χ3v) is 9.70. The van der Waals surface area contributed by atoms with E-state index in [0.717, 1.165) is 0 Å². The molecule has 0 aliphatic carbocycles. The van der Waals surface area contributed by atoms with E-state index in [1.807, 2.05) is 0 Å². The van der Waals surface area contributed by atoms with Crippen molar-refractivity contribution in [3.8, 4) is 0 Å². The minimum atomic E-state index is -2.79. The number of hydrogen-bond donors (Lipinski definition) is 0. The molecule has 0 saturated carbocycles. The lowest BCUT2D eigenvalue weighted by molar-refractivity contribution is 1.75. The Morgan fingerprint density at radius 3 is 1.70 bits per heavy atom. The summed E-state index contributed by atoms with van der Waals surface area (Å²) in [5.41, 5.74) is 0. The summed E-state index contributed by atoms with van der Waals surface area (Å²) in [7, 11) is -1.61. The molecule has 0 N–H and O–H groups in total. The van der Waals surface area contributed by atoms with Gasteiger partial charge in [-0.3, -0.25) is 0 Å². The van der Waals surface area contributed by atoms with Gasteiger partial charge in [0, 0.05) is 0 Å². The summed E-state index contributed by atoms with van der Waals surface area (Å²) in [5.74, 6) is 0. The fraction of sp³-hybridized carbons (Fsp3) is 0.333. The van der Waals surface area contributed by atoms with E-state index in [4.69, 9.17) is 55.4 Å². The third-order valence-electron chi connectivity index (χ3n) is 0.798. The maximum Gasteiger partial charge on any atom is 0.366 e. The zero-order valence-corrected chi connectivity index (χ0v) is 10.7. The minimum Gasteiger partial charge on any atom is -0.141 e. The lowest BCUT2D eigenvalue weighted by atomic mass is 10.8. The van der Waals surface area contributed by atoms with E-state index in [0.29, 0.717) is 4.82 Å². The molecule has 0 aromatic carbocycles. The highest BCUT2D eigenvalue weighted by Gasteiger charge is 2.35. The van der Waals surface area contributed by atoms with Gasteiger partial charge >= 0.3 is 13.4 Å². The normalized spacial score (nSPS) is 14.5. The molecule has 0 aromatic heterocycles. The highest BCUT2D eigenvalue weighted by Crippen LogP contribution is 2.32. The van der Waals surface area contributed by atoms with Crippen LogP contribution in [0.1, 0.15) is 6.92 Å². The van der Waals surface area contributed by atoms with Gasteiger partial charge in [0.1, 0.15) is 0 Å². The SMILES string of the molecule is C/C=C(\[Si](Cl)Cl)[Si](Cl)(Cl)Cl. The molecule has 0 saturated heterocycles. The first-order chi connectivity index (χ1) is 4.39. The first-order valence-corrected chi connectivity index (χ1v) is 10.9. The lowest BCUT2D eigenvalue weighted by Crippen LogP contribution is -2.22. The summed E-state index contributed by atoms with van der Waals surface area (Å²) in [4.78, 5) is 0.617. The highest BCUT2D eigenvalue weighted by molar-refractivity contribution is 7.71. The van der Waals surface area contributed by atoms with Crippen molar-refractivity contribution in [2.45, 2.75) is 6.92 Å². The van der Waals surface area contributed by atoms with Crippen LogP contribution in [-0.2, 0) is 0 Å². The van der Waals surface area contributed by atoms with E-state index in [1.54, 1.807) is 13.0 Å². The van der Waals surface area contributed by atoms with Gasteiger partial charge in [0.05, 0.1) is 0 Å². The molecule has 1 radical (unpaired) electrons. The Kier molecular flexibility index (Phi) is 5.35. The summed E-state index contributed by atoms with van der Waals surface area (Å²) in [6, 6.07) is -2.79. The summed E-state index contributed by atoms with van der Waals surface area (Å²) in [6.45, 7) is 1.76. The Hall–Kier alpha value is 1.62. The Morgan fingerprint density at radius 2 is 1.70 bits per heavy atom. The molecule has 0 bridgehead atoms. The largest absolute Gasteiger partial charge is 0.366 e. The lowest BCUT2D eigenvalue weighted by Gasteiger charge is -2.11. The van der Waals surface area contributed by atoms with Gasteiger partial charge in [-0.1, -0.05) is 6.08 Å². The summed E-state index contributed by atoms with van der Waals surface area (Å²) in [6.07, 6.45) is 1.69. The molecule has 0 unspecified atom stereocenters. The minimum absolute atomic E-state index is 0.617. The van der Waals surface area contributed by atoms with Crippen LogP contribution >= 0.6 is 55.4 Å². The fourth-order valence-corrected chi connectivity index (χ4v) is 11.1. The second-order valence-electron chi connectivity index (χ2n) is 1.46. The van der Waals surface area contributed by atoms with Gasteiger partial charge < -0.3 is 0 Å². The van der Waals surface area contributed by atoms with E-state index < -0.39 is 13.4 Å². The van der Waals surface area contributed by atoms with Crippen molar-refractivity contribution in [2.24, 2.45) is 0 Å². The first kappa shape index (κ1) is 11.6. The molecule has 0 heterocycles. The molecular weight excluding hydrogens is 269 g/mol. The zero-order valence-electron chi connectivity index (χ0n) is 4.97. The molecule has 10 heavy (non-hydrogen) atoms. The smallest absolute Gasteiger partial charge is 0.141 e. The summed E-state index contributed by atoms with van der Waals surface area (Å²) in [5, 5.41) is 0. The second-order valence-corrected chi connectivity index (χ2v) is 14.2. The predicted molar refractivity (Wildman–Crippen MR) is 54.5 cm³/mol. The summed E-state index contributed by atoms with van der Waals surface area (Å²) >= 11 is 28.2. The maximum absolute atomic E-state index is 5.65. The van der Waals surface area contributed by atoms with E-state index in [2.05, 4.69) is 0 Å². The summed E-state index contributed by atoms with van der Waals surface area (Å²) < 4.78 is 0. The van der Waals surface area contributed by atoms with Crippen LogP contribution in [-0.4, -0.2) is 13.4 Å². The molecular formula is C3H4Cl5Si2. The monoisotopic (exact) mass is 271 g/mol. The first-order valence-electron chi connectivity index (χ1n) is 2.31. The molecule has 0 aliphatic heterocycles. The zero-order chi connectivity index (χ0) is 8.36. The van der Waals surface area contributed by atoms with Gasteiger partial charge in [-0.2, -0.15) is 0 Å². The van der Waals surface area contributed by atoms with Gasteiger partial charge in [-0.25, -0.2) is 0 Å². The molecule has 0 spiro atoms. The predicted octanol–water partition coefficient (Wildman–Crippen LogP) is 3.63. The van der Waals surface area contributed by atoms with Crippen LogP contribution in [0.3, 0.4) is 0 Å². The van der Waals surface area contributed by atoms with Crippen LogP contribution < -0.4 is 0 Å². The van der Waals surface area contributed by atoms with Gasteiger partial charge in [-0.15, -0.1) is 55.4 Å². The Labute approximate surface area is 86.2 Å². The topological polar surface area (TPSA) is 0 Å². The van der Waals surface area contributed by atoms with Crippen LogP contribution in [0.5, 0.6) is 0 Å². The van der Waals surface area contributed by atoms with Crippen molar-refractivity contribution in [2.75, 3.05) is 0 Å². The van der Waals surface area contributed by atoms with E-state index in [9.17, 15) is 0 Å². The van der Waals surface area contributed by atoms with Gasteiger partial charge in [-0.05, 0) is 11.7 Å². The Bertz CT molecular complexity index is 136. The molecule has 0 nitrogen and oxygen atoms in total. The average Bonchev–Trinajstić information content (AvgIpc) is 1.60. The van der Waals surface area contributed by atoms with Crippen LogP contribution in [0.15, 0.2) is 10.9 Å². The fourth-order valence-electron chi connectivity index (χ4n) is 0.380. The van der Waals surface area contributed by atoms with Crippen LogP contribution in [0.4, 0.5) is 0 Å². The molecule has 0 aliphatic rings. The molecule has 0 fully saturated rings. The molecule has 0 atom stereocenters. The molecule has 59 valence electrons. The molecule has 0 rings (SSSR count). The van der Waals surface area contributed by atoms with Gasteiger partial charge in [0.15, 0.2) is 0 Å². The van der Waals surface area contributed by atoms with Gasteiger partial charge in [0.2, 0.25) is 0 Å². The van der Waals surface area contributed by atoms with Crippen molar-refractivity contribution >= 4 is 68.8 Å². The van der Waals surface area contributed by atoms with Crippen molar-refractivity contribution in [3.05, 3.63) is 10.9 Å². The van der Waals surface area contributed by atoms with E-state index in [1.165, 1.54) is 0 Å².